The first-order valence-corrected chi connectivity index (χ1v) is 7.07. The molecule has 0 aliphatic heterocycles. The molecule has 2 N–H and O–H groups in total. The van der Waals surface area contributed by atoms with Gasteiger partial charge in [0.05, 0.1) is 19.8 Å². The Hall–Kier alpha value is -0.610. The Kier molecular flexibility index (Phi) is 4.28. The molecule has 0 bridgehead atoms. The molecule has 4 nitrogen and oxygen atoms in total. The van der Waals surface area contributed by atoms with E-state index in [0.29, 0.717) is 12.5 Å². The Balaban J connectivity index is 1.91. The molecule has 0 aromatic rings. The number of ether oxygens (including phenoxy) is 2. The Morgan fingerprint density at radius 3 is 2.50 bits per heavy atom. The van der Waals surface area contributed by atoms with Crippen LogP contribution < -0.4 is 5.73 Å². The zero-order valence-electron chi connectivity index (χ0n) is 11.5. The minimum atomic E-state index is -0.925. The molecule has 2 rings (SSSR count). The molecule has 18 heavy (non-hydrogen) atoms. The van der Waals surface area contributed by atoms with E-state index in [0.717, 1.165) is 19.3 Å². The van der Waals surface area contributed by atoms with Crippen LogP contribution in [0.4, 0.5) is 0 Å². The van der Waals surface area contributed by atoms with Gasteiger partial charge in [-0.1, -0.05) is 19.8 Å². The average Bonchev–Trinajstić information content (AvgIpc) is 3.21. The van der Waals surface area contributed by atoms with E-state index in [1.165, 1.54) is 26.4 Å². The van der Waals surface area contributed by atoms with Crippen molar-refractivity contribution in [2.45, 2.75) is 57.1 Å². The predicted octanol–water partition coefficient (Wildman–Crippen LogP) is 1.86. The summed E-state index contributed by atoms with van der Waals surface area (Å²) in [6.45, 7) is 2.52. The number of hydrogen-bond donors (Lipinski definition) is 1. The molecule has 0 aromatic heterocycles. The van der Waals surface area contributed by atoms with E-state index in [9.17, 15) is 4.79 Å². The number of hydrogen-bond acceptors (Lipinski definition) is 4. The molecule has 2 aliphatic carbocycles. The molecular weight excluding hydrogens is 230 g/mol. The van der Waals surface area contributed by atoms with Gasteiger partial charge in [0, 0.05) is 0 Å². The minimum absolute atomic E-state index is 0.240. The van der Waals surface area contributed by atoms with Gasteiger partial charge in [-0.2, -0.15) is 0 Å². The molecule has 0 heterocycles. The quantitative estimate of drug-likeness (QED) is 0.762. The maximum Gasteiger partial charge on any atom is 0.328 e. The SMILES string of the molecule is COC(=O)C(N)(COC1CCCCC1C)C1CC1. The highest BCUT2D eigenvalue weighted by atomic mass is 16.5. The van der Waals surface area contributed by atoms with Gasteiger partial charge in [-0.3, -0.25) is 0 Å². The summed E-state index contributed by atoms with van der Waals surface area (Å²) >= 11 is 0. The highest BCUT2D eigenvalue weighted by Crippen LogP contribution is 2.40. The third kappa shape index (κ3) is 2.86. The molecule has 0 saturated heterocycles. The van der Waals surface area contributed by atoms with Crippen molar-refractivity contribution in [1.29, 1.82) is 0 Å². The molecule has 0 spiro atoms. The summed E-state index contributed by atoms with van der Waals surface area (Å²) in [5, 5.41) is 0. The monoisotopic (exact) mass is 255 g/mol. The summed E-state index contributed by atoms with van der Waals surface area (Å²) in [5.41, 5.74) is 5.30. The van der Waals surface area contributed by atoms with E-state index in [1.807, 2.05) is 0 Å². The second-order valence-electron chi connectivity index (χ2n) is 5.92. The van der Waals surface area contributed by atoms with Gasteiger partial charge in [0.1, 0.15) is 5.54 Å². The smallest absolute Gasteiger partial charge is 0.328 e. The first-order valence-electron chi connectivity index (χ1n) is 7.07. The van der Waals surface area contributed by atoms with Gasteiger partial charge in [-0.25, -0.2) is 4.79 Å². The summed E-state index contributed by atoms with van der Waals surface area (Å²) < 4.78 is 10.8. The molecule has 2 saturated carbocycles. The number of nitrogens with two attached hydrogens (primary N) is 1. The maximum atomic E-state index is 11.8. The molecule has 0 amide bonds. The molecule has 2 fully saturated rings. The fraction of sp³-hybridized carbons (Fsp3) is 0.929. The van der Waals surface area contributed by atoms with Crippen molar-refractivity contribution in [3.63, 3.8) is 0 Å². The van der Waals surface area contributed by atoms with Gasteiger partial charge in [-0.05, 0) is 37.5 Å². The van der Waals surface area contributed by atoms with Crippen molar-refractivity contribution in [2.24, 2.45) is 17.6 Å². The van der Waals surface area contributed by atoms with Crippen molar-refractivity contribution in [3.8, 4) is 0 Å². The first-order chi connectivity index (χ1) is 8.58. The van der Waals surface area contributed by atoms with E-state index in [4.69, 9.17) is 15.2 Å². The van der Waals surface area contributed by atoms with Crippen molar-refractivity contribution >= 4 is 5.97 Å². The average molecular weight is 255 g/mol. The largest absolute Gasteiger partial charge is 0.468 e. The van der Waals surface area contributed by atoms with E-state index < -0.39 is 5.54 Å². The normalized spacial score (nSPS) is 31.7. The van der Waals surface area contributed by atoms with Gasteiger partial charge >= 0.3 is 5.97 Å². The fourth-order valence-corrected chi connectivity index (χ4v) is 2.91. The fourth-order valence-electron chi connectivity index (χ4n) is 2.91. The van der Waals surface area contributed by atoms with E-state index in [1.54, 1.807) is 0 Å². The number of methoxy groups -OCH3 is 1. The van der Waals surface area contributed by atoms with Crippen molar-refractivity contribution in [3.05, 3.63) is 0 Å². The Labute approximate surface area is 109 Å². The molecular formula is C14H25NO3. The number of rotatable bonds is 5. The third-order valence-corrected chi connectivity index (χ3v) is 4.44. The highest BCUT2D eigenvalue weighted by molar-refractivity contribution is 5.81. The molecule has 3 unspecified atom stereocenters. The van der Waals surface area contributed by atoms with Gasteiger partial charge in [0.25, 0.3) is 0 Å². The lowest BCUT2D eigenvalue weighted by Gasteiger charge is -2.33. The zero-order valence-corrected chi connectivity index (χ0v) is 11.5. The van der Waals surface area contributed by atoms with E-state index in [-0.39, 0.29) is 18.0 Å². The highest BCUT2D eigenvalue weighted by Gasteiger charge is 2.49. The van der Waals surface area contributed by atoms with Gasteiger partial charge in [0.15, 0.2) is 0 Å². The lowest BCUT2D eigenvalue weighted by atomic mass is 9.87. The van der Waals surface area contributed by atoms with Crippen LogP contribution in [0, 0.1) is 11.8 Å². The summed E-state index contributed by atoms with van der Waals surface area (Å²) in [5.74, 6) is 0.483. The van der Waals surface area contributed by atoms with Crippen LogP contribution in [-0.4, -0.2) is 31.3 Å². The second-order valence-corrected chi connectivity index (χ2v) is 5.92. The van der Waals surface area contributed by atoms with Crippen LogP contribution in [0.3, 0.4) is 0 Å². The van der Waals surface area contributed by atoms with Crippen LogP contribution in [0.25, 0.3) is 0 Å². The van der Waals surface area contributed by atoms with E-state index in [2.05, 4.69) is 6.92 Å². The number of carbonyl (C=O) groups excluding carboxylic acids is 1. The molecule has 0 radical (unpaired) electrons. The number of carbonyl (C=O) groups is 1. The second kappa shape index (κ2) is 5.57. The Bertz CT molecular complexity index is 303. The van der Waals surface area contributed by atoms with Crippen LogP contribution in [-0.2, 0) is 14.3 Å². The van der Waals surface area contributed by atoms with Crippen LogP contribution in [0.5, 0.6) is 0 Å². The van der Waals surface area contributed by atoms with Crippen LogP contribution in [0.1, 0.15) is 45.4 Å². The maximum absolute atomic E-state index is 11.8. The molecule has 3 atom stereocenters. The van der Waals surface area contributed by atoms with Gasteiger partial charge < -0.3 is 15.2 Å². The van der Waals surface area contributed by atoms with Crippen LogP contribution >= 0.6 is 0 Å². The lowest BCUT2D eigenvalue weighted by molar-refractivity contribution is -0.152. The molecule has 2 aliphatic rings. The minimum Gasteiger partial charge on any atom is -0.468 e. The molecule has 0 aromatic carbocycles. The third-order valence-electron chi connectivity index (χ3n) is 4.44. The first kappa shape index (κ1) is 13.8. The van der Waals surface area contributed by atoms with Gasteiger partial charge in [0.2, 0.25) is 0 Å². The molecule has 104 valence electrons. The molecule has 4 heteroatoms. The van der Waals surface area contributed by atoms with Crippen LogP contribution in [0.2, 0.25) is 0 Å². The zero-order chi connectivity index (χ0) is 13.2. The summed E-state index contributed by atoms with van der Waals surface area (Å²) in [4.78, 5) is 11.8. The predicted molar refractivity (Wildman–Crippen MR) is 69.0 cm³/mol. The lowest BCUT2D eigenvalue weighted by Crippen LogP contribution is -2.55. The summed E-state index contributed by atoms with van der Waals surface area (Å²) in [6.07, 6.45) is 7.07. The summed E-state index contributed by atoms with van der Waals surface area (Å²) in [7, 11) is 1.40. The number of esters is 1. The van der Waals surface area contributed by atoms with Crippen molar-refractivity contribution in [1.82, 2.24) is 0 Å². The van der Waals surface area contributed by atoms with Crippen molar-refractivity contribution in [2.75, 3.05) is 13.7 Å². The summed E-state index contributed by atoms with van der Waals surface area (Å²) in [6, 6.07) is 0. The van der Waals surface area contributed by atoms with Gasteiger partial charge in [-0.15, -0.1) is 0 Å². The topological polar surface area (TPSA) is 61.5 Å². The standard InChI is InChI=1S/C14H25NO3/c1-10-5-3-4-6-12(10)18-9-14(15,11-7-8-11)13(16)17-2/h10-12H,3-9,15H2,1-2H3. The van der Waals surface area contributed by atoms with E-state index >= 15 is 0 Å². The Morgan fingerprint density at radius 1 is 1.28 bits per heavy atom. The Morgan fingerprint density at radius 2 is 1.94 bits per heavy atom. The van der Waals surface area contributed by atoms with Crippen molar-refractivity contribution < 1.29 is 14.3 Å². The van der Waals surface area contributed by atoms with Crippen LogP contribution in [0.15, 0.2) is 0 Å².